The minimum atomic E-state index is -0.432. The number of nitrogens with one attached hydrogen (secondary N) is 1. The number of thiazole rings is 1. The molecular weight excluding hydrogens is 393 g/mol. The summed E-state index contributed by atoms with van der Waals surface area (Å²) < 4.78 is 13.1. The number of aromatic nitrogens is 3. The molecule has 0 saturated heterocycles. The smallest absolute Gasteiger partial charge is 0.269 e. The Morgan fingerprint density at radius 1 is 1.03 bits per heavy atom. The van der Waals surface area contributed by atoms with Gasteiger partial charge in [0.25, 0.3) is 5.69 Å². The largest absolute Gasteiger partial charge is 0.324 e. The first-order chi connectivity index (χ1) is 14.0. The van der Waals surface area contributed by atoms with Crippen LogP contribution >= 0.6 is 11.3 Å². The van der Waals surface area contributed by atoms with Crippen molar-refractivity contribution < 1.29 is 9.31 Å². The van der Waals surface area contributed by atoms with E-state index < -0.39 is 4.92 Å². The molecule has 2 heterocycles. The van der Waals surface area contributed by atoms with Gasteiger partial charge in [0, 0.05) is 29.6 Å². The van der Waals surface area contributed by atoms with Gasteiger partial charge in [0.15, 0.2) is 0 Å². The fourth-order valence-corrected chi connectivity index (χ4v) is 3.73. The van der Waals surface area contributed by atoms with Crippen LogP contribution in [0, 0.1) is 22.9 Å². The molecule has 144 valence electrons. The molecule has 0 bridgehead atoms. The molecule has 9 heteroatoms. The van der Waals surface area contributed by atoms with Gasteiger partial charge >= 0.3 is 0 Å². The Labute approximate surface area is 169 Å². The van der Waals surface area contributed by atoms with Crippen molar-refractivity contribution in [3.8, 4) is 21.1 Å². The molecule has 0 spiro atoms. The zero-order valence-corrected chi connectivity index (χ0v) is 16.0. The van der Waals surface area contributed by atoms with Gasteiger partial charge in [-0.2, -0.15) is 0 Å². The summed E-state index contributed by atoms with van der Waals surface area (Å²) in [6.07, 6.45) is 1.64. The number of nitro groups is 1. The second-order valence-electron chi connectivity index (χ2n) is 6.13. The summed E-state index contributed by atoms with van der Waals surface area (Å²) >= 11 is 1.45. The first kappa shape index (κ1) is 18.6. The highest BCUT2D eigenvalue weighted by molar-refractivity contribution is 7.18. The van der Waals surface area contributed by atoms with Crippen molar-refractivity contribution in [2.45, 2.75) is 6.92 Å². The number of nitro benzene ring substituents is 1. The van der Waals surface area contributed by atoms with Gasteiger partial charge in [0.2, 0.25) is 5.95 Å². The molecule has 4 aromatic rings. The van der Waals surface area contributed by atoms with E-state index in [0.29, 0.717) is 17.3 Å². The van der Waals surface area contributed by atoms with Crippen molar-refractivity contribution in [1.29, 1.82) is 0 Å². The standard InChI is InChI=1S/C20H14FN5O2S/c1-12-18(29-19(23-12)13-2-8-16(9-3-13)26(27)28)17-10-11-22-20(25-17)24-15-6-4-14(21)5-7-15/h2-11H,1H3,(H,22,24,25). The third kappa shape index (κ3) is 4.09. The molecule has 0 unspecified atom stereocenters. The van der Waals surface area contributed by atoms with E-state index >= 15 is 0 Å². The van der Waals surface area contributed by atoms with Crippen LogP contribution in [-0.4, -0.2) is 19.9 Å². The van der Waals surface area contributed by atoms with E-state index in [0.717, 1.165) is 21.1 Å². The molecule has 2 aromatic heterocycles. The van der Waals surface area contributed by atoms with Crippen LogP contribution in [0.3, 0.4) is 0 Å². The van der Waals surface area contributed by atoms with E-state index in [1.165, 1.54) is 35.6 Å². The number of hydrogen-bond acceptors (Lipinski definition) is 7. The Morgan fingerprint density at radius 3 is 2.45 bits per heavy atom. The van der Waals surface area contributed by atoms with Gasteiger partial charge in [0.1, 0.15) is 10.8 Å². The number of non-ortho nitro benzene ring substituents is 1. The Bertz CT molecular complexity index is 1180. The lowest BCUT2D eigenvalue weighted by atomic mass is 10.2. The molecule has 0 radical (unpaired) electrons. The predicted molar refractivity (Wildman–Crippen MR) is 110 cm³/mol. The first-order valence-corrected chi connectivity index (χ1v) is 9.39. The highest BCUT2D eigenvalue weighted by atomic mass is 32.1. The highest BCUT2D eigenvalue weighted by Gasteiger charge is 2.14. The lowest BCUT2D eigenvalue weighted by molar-refractivity contribution is -0.384. The number of rotatable bonds is 5. The molecule has 0 fully saturated rings. The number of halogens is 1. The van der Waals surface area contributed by atoms with Gasteiger partial charge in [-0.1, -0.05) is 0 Å². The maximum atomic E-state index is 13.1. The number of hydrogen-bond donors (Lipinski definition) is 1. The Morgan fingerprint density at radius 2 is 1.76 bits per heavy atom. The highest BCUT2D eigenvalue weighted by Crippen LogP contribution is 2.35. The van der Waals surface area contributed by atoms with Gasteiger partial charge in [-0.25, -0.2) is 19.3 Å². The van der Waals surface area contributed by atoms with Gasteiger partial charge in [-0.15, -0.1) is 11.3 Å². The molecule has 0 amide bonds. The van der Waals surface area contributed by atoms with E-state index in [2.05, 4.69) is 20.3 Å². The Hall–Kier alpha value is -3.72. The normalized spacial score (nSPS) is 10.7. The maximum Gasteiger partial charge on any atom is 0.269 e. The lowest BCUT2D eigenvalue weighted by Crippen LogP contribution is -1.97. The van der Waals surface area contributed by atoms with Gasteiger partial charge in [-0.3, -0.25) is 10.1 Å². The van der Waals surface area contributed by atoms with Crippen molar-refractivity contribution in [1.82, 2.24) is 15.0 Å². The summed E-state index contributed by atoms with van der Waals surface area (Å²) in [6, 6.07) is 14.0. The molecule has 0 aliphatic carbocycles. The zero-order chi connectivity index (χ0) is 20.4. The zero-order valence-electron chi connectivity index (χ0n) is 15.2. The topological polar surface area (TPSA) is 93.8 Å². The van der Waals surface area contributed by atoms with E-state index in [1.807, 2.05) is 6.92 Å². The molecule has 4 rings (SSSR count). The monoisotopic (exact) mass is 407 g/mol. The van der Waals surface area contributed by atoms with Crippen LogP contribution in [0.5, 0.6) is 0 Å². The van der Waals surface area contributed by atoms with Crippen LogP contribution < -0.4 is 5.32 Å². The third-order valence-electron chi connectivity index (χ3n) is 4.11. The summed E-state index contributed by atoms with van der Waals surface area (Å²) in [7, 11) is 0. The van der Waals surface area contributed by atoms with Crippen LogP contribution in [0.4, 0.5) is 21.7 Å². The Kier molecular flexibility index (Phi) is 4.96. The fourth-order valence-electron chi connectivity index (χ4n) is 2.69. The van der Waals surface area contributed by atoms with E-state index in [1.54, 1.807) is 36.5 Å². The van der Waals surface area contributed by atoms with Crippen LogP contribution in [-0.2, 0) is 0 Å². The average Bonchev–Trinajstić information content (AvgIpc) is 3.12. The number of anilines is 2. The molecule has 0 aliphatic heterocycles. The molecule has 1 N–H and O–H groups in total. The van der Waals surface area contributed by atoms with Gasteiger partial charge < -0.3 is 5.32 Å². The van der Waals surface area contributed by atoms with Crippen LogP contribution in [0.1, 0.15) is 5.69 Å². The first-order valence-electron chi connectivity index (χ1n) is 8.58. The Balaban J connectivity index is 1.62. The second kappa shape index (κ2) is 7.72. The summed E-state index contributed by atoms with van der Waals surface area (Å²) in [5.74, 6) is 0.0723. The van der Waals surface area contributed by atoms with Crippen molar-refractivity contribution in [2.75, 3.05) is 5.32 Å². The van der Waals surface area contributed by atoms with Crippen molar-refractivity contribution >= 4 is 28.7 Å². The van der Waals surface area contributed by atoms with E-state index in [9.17, 15) is 14.5 Å². The summed E-state index contributed by atoms with van der Waals surface area (Å²) in [5, 5.41) is 14.6. The number of benzene rings is 2. The van der Waals surface area contributed by atoms with E-state index in [-0.39, 0.29) is 11.5 Å². The van der Waals surface area contributed by atoms with Crippen LogP contribution in [0.2, 0.25) is 0 Å². The van der Waals surface area contributed by atoms with Crippen molar-refractivity contribution in [3.63, 3.8) is 0 Å². The molecule has 2 aromatic carbocycles. The molecule has 0 saturated carbocycles. The second-order valence-corrected chi connectivity index (χ2v) is 7.13. The molecular formula is C20H14FN5O2S. The number of aryl methyl sites for hydroxylation is 1. The van der Waals surface area contributed by atoms with Crippen LogP contribution in [0.25, 0.3) is 21.1 Å². The third-order valence-corrected chi connectivity index (χ3v) is 5.34. The van der Waals surface area contributed by atoms with Crippen molar-refractivity contribution in [2.24, 2.45) is 0 Å². The summed E-state index contributed by atoms with van der Waals surface area (Å²) in [6.45, 7) is 1.88. The number of nitrogens with zero attached hydrogens (tertiary/aromatic N) is 4. The van der Waals surface area contributed by atoms with Gasteiger partial charge in [-0.05, 0) is 49.4 Å². The molecule has 29 heavy (non-hydrogen) atoms. The maximum absolute atomic E-state index is 13.1. The predicted octanol–water partition coefficient (Wildman–Crippen LogP) is 5.37. The van der Waals surface area contributed by atoms with Gasteiger partial charge in [0.05, 0.1) is 21.2 Å². The minimum absolute atomic E-state index is 0.0366. The average molecular weight is 407 g/mol. The lowest BCUT2D eigenvalue weighted by Gasteiger charge is -2.06. The van der Waals surface area contributed by atoms with E-state index in [4.69, 9.17) is 0 Å². The van der Waals surface area contributed by atoms with Crippen LogP contribution in [0.15, 0.2) is 60.8 Å². The minimum Gasteiger partial charge on any atom is -0.324 e. The van der Waals surface area contributed by atoms with Crippen molar-refractivity contribution in [3.05, 3.63) is 82.4 Å². The molecule has 7 nitrogen and oxygen atoms in total. The molecule has 0 aliphatic rings. The summed E-state index contributed by atoms with van der Waals surface area (Å²) in [5.41, 5.74) is 3.02. The molecule has 0 atom stereocenters. The SMILES string of the molecule is Cc1nc(-c2ccc([N+](=O)[O-])cc2)sc1-c1ccnc(Nc2ccc(F)cc2)n1. The summed E-state index contributed by atoms with van der Waals surface area (Å²) in [4.78, 5) is 24.6. The quantitative estimate of drug-likeness (QED) is 0.353. The fraction of sp³-hybridized carbons (Fsp3) is 0.0500.